The molecule has 19 heavy (non-hydrogen) atoms. The summed E-state index contributed by atoms with van der Waals surface area (Å²) >= 11 is 0. The predicted octanol–water partition coefficient (Wildman–Crippen LogP) is 3.41. The molecule has 0 radical (unpaired) electrons. The zero-order chi connectivity index (χ0) is 14.9. The van der Waals surface area contributed by atoms with Crippen LogP contribution >= 0.6 is 0 Å². The molecular weight excluding hydrogens is 240 g/mol. The minimum atomic E-state index is -0.424. The first-order valence-electron chi connectivity index (χ1n) is 7.43. The lowest BCUT2D eigenvalue weighted by Crippen LogP contribution is -2.39. The van der Waals surface area contributed by atoms with E-state index in [2.05, 4.69) is 19.2 Å². The Morgan fingerprint density at radius 3 is 2.47 bits per heavy atom. The van der Waals surface area contributed by atoms with Gasteiger partial charge in [0.25, 0.3) is 0 Å². The van der Waals surface area contributed by atoms with Crippen LogP contribution in [0.25, 0.3) is 0 Å². The van der Waals surface area contributed by atoms with Crippen LogP contribution in [0.4, 0.5) is 4.79 Å². The molecule has 114 valence electrons. The highest BCUT2D eigenvalue weighted by Gasteiger charge is 2.19. The van der Waals surface area contributed by atoms with Crippen LogP contribution < -0.4 is 5.32 Å². The molecule has 0 fully saturated rings. The zero-order valence-corrected chi connectivity index (χ0v) is 13.6. The molecule has 1 atom stereocenters. The van der Waals surface area contributed by atoms with Gasteiger partial charge in [0.15, 0.2) is 0 Å². The van der Waals surface area contributed by atoms with E-state index >= 15 is 0 Å². The van der Waals surface area contributed by atoms with Gasteiger partial charge in [-0.25, -0.2) is 4.79 Å². The summed E-state index contributed by atoms with van der Waals surface area (Å²) in [5.41, 5.74) is -0.424. The summed E-state index contributed by atoms with van der Waals surface area (Å²) in [6, 6.07) is 0.513. The van der Waals surface area contributed by atoms with E-state index in [1.165, 1.54) is 25.7 Å². The number of hydrogen-bond donors (Lipinski definition) is 1. The molecule has 0 heterocycles. The topological polar surface area (TPSA) is 41.6 Å². The highest BCUT2D eigenvalue weighted by atomic mass is 16.6. The number of rotatable bonds is 8. The van der Waals surface area contributed by atoms with Crippen LogP contribution in [0.5, 0.6) is 0 Å². The lowest BCUT2D eigenvalue weighted by Gasteiger charge is -2.25. The fourth-order valence-corrected chi connectivity index (χ4v) is 1.71. The zero-order valence-electron chi connectivity index (χ0n) is 13.6. The number of amides is 1. The number of unbranched alkanes of at least 4 members (excludes halogenated alkanes) is 2. The third kappa shape index (κ3) is 10.8. The Labute approximate surface area is 118 Å². The van der Waals surface area contributed by atoms with E-state index in [-0.39, 0.29) is 6.09 Å². The second kappa shape index (κ2) is 9.18. The summed E-state index contributed by atoms with van der Waals surface area (Å²) < 4.78 is 5.30. The van der Waals surface area contributed by atoms with Crippen molar-refractivity contribution in [3.05, 3.63) is 0 Å². The first-order chi connectivity index (χ1) is 8.76. The Morgan fingerprint density at radius 2 is 1.95 bits per heavy atom. The van der Waals surface area contributed by atoms with Crippen molar-refractivity contribution in [2.75, 3.05) is 20.1 Å². The first-order valence-corrected chi connectivity index (χ1v) is 7.43. The van der Waals surface area contributed by atoms with Gasteiger partial charge in [0.2, 0.25) is 0 Å². The van der Waals surface area contributed by atoms with Crippen LogP contribution in [0, 0.1) is 0 Å². The summed E-state index contributed by atoms with van der Waals surface area (Å²) in [7, 11) is 1.78. The minimum Gasteiger partial charge on any atom is -0.444 e. The van der Waals surface area contributed by atoms with Crippen molar-refractivity contribution in [3.8, 4) is 0 Å². The van der Waals surface area contributed by atoms with Gasteiger partial charge in [0.05, 0.1) is 0 Å². The molecule has 0 aliphatic rings. The van der Waals surface area contributed by atoms with Gasteiger partial charge in [-0.15, -0.1) is 0 Å². The number of ether oxygens (including phenoxy) is 1. The van der Waals surface area contributed by atoms with E-state index in [1.54, 1.807) is 11.9 Å². The molecule has 4 nitrogen and oxygen atoms in total. The van der Waals surface area contributed by atoms with Crippen molar-refractivity contribution in [3.63, 3.8) is 0 Å². The summed E-state index contributed by atoms with van der Waals surface area (Å²) in [5, 5.41) is 3.44. The molecule has 0 saturated carbocycles. The summed E-state index contributed by atoms with van der Waals surface area (Å²) in [6.07, 6.45) is 4.77. The molecule has 0 spiro atoms. The molecule has 0 rings (SSSR count). The van der Waals surface area contributed by atoms with Crippen molar-refractivity contribution < 1.29 is 9.53 Å². The molecule has 0 aliphatic heterocycles. The Hall–Kier alpha value is -0.770. The van der Waals surface area contributed by atoms with Gasteiger partial charge in [-0.1, -0.05) is 26.2 Å². The maximum absolute atomic E-state index is 11.7. The number of hydrogen-bond acceptors (Lipinski definition) is 3. The Kier molecular flexibility index (Phi) is 8.81. The Morgan fingerprint density at radius 1 is 1.32 bits per heavy atom. The monoisotopic (exact) mass is 272 g/mol. The van der Waals surface area contributed by atoms with Crippen molar-refractivity contribution in [1.29, 1.82) is 0 Å². The van der Waals surface area contributed by atoms with Crippen LogP contribution in [-0.2, 0) is 4.74 Å². The molecule has 0 aromatic rings. The van der Waals surface area contributed by atoms with E-state index in [4.69, 9.17) is 4.74 Å². The molecule has 1 amide bonds. The molecule has 4 heteroatoms. The third-order valence-corrected chi connectivity index (χ3v) is 2.89. The standard InChI is InChI=1S/C15H32N2O2/c1-7-8-9-10-13(2)16-11-12-17(6)14(18)19-15(3,4)5/h13,16H,7-12H2,1-6H3. The van der Waals surface area contributed by atoms with E-state index in [0.717, 1.165) is 6.54 Å². The summed E-state index contributed by atoms with van der Waals surface area (Å²) in [5.74, 6) is 0. The van der Waals surface area contributed by atoms with Gasteiger partial charge in [-0.05, 0) is 34.1 Å². The summed E-state index contributed by atoms with van der Waals surface area (Å²) in [4.78, 5) is 13.3. The molecule has 0 bridgehead atoms. The van der Waals surface area contributed by atoms with Gasteiger partial charge in [0.1, 0.15) is 5.60 Å². The minimum absolute atomic E-state index is 0.257. The van der Waals surface area contributed by atoms with Crippen molar-refractivity contribution in [2.24, 2.45) is 0 Å². The number of carbonyl (C=O) groups is 1. The van der Waals surface area contributed by atoms with Gasteiger partial charge in [-0.2, -0.15) is 0 Å². The van der Waals surface area contributed by atoms with Crippen LogP contribution in [0.2, 0.25) is 0 Å². The Balaban J connectivity index is 3.73. The van der Waals surface area contributed by atoms with Gasteiger partial charge in [-0.3, -0.25) is 0 Å². The van der Waals surface area contributed by atoms with E-state index in [0.29, 0.717) is 12.6 Å². The molecule has 0 aromatic heterocycles. The highest BCUT2D eigenvalue weighted by molar-refractivity contribution is 5.67. The SMILES string of the molecule is CCCCCC(C)NCCN(C)C(=O)OC(C)(C)C. The van der Waals surface area contributed by atoms with Crippen LogP contribution in [0.1, 0.15) is 60.3 Å². The molecule has 0 saturated heterocycles. The van der Waals surface area contributed by atoms with Crippen molar-refractivity contribution >= 4 is 6.09 Å². The average Bonchev–Trinajstić information content (AvgIpc) is 2.27. The van der Waals surface area contributed by atoms with Gasteiger partial charge >= 0.3 is 6.09 Å². The fourth-order valence-electron chi connectivity index (χ4n) is 1.71. The second-order valence-electron chi connectivity index (χ2n) is 6.25. The average molecular weight is 272 g/mol. The normalized spacial score (nSPS) is 13.2. The maximum Gasteiger partial charge on any atom is 0.410 e. The van der Waals surface area contributed by atoms with Gasteiger partial charge in [0, 0.05) is 26.2 Å². The predicted molar refractivity (Wildman–Crippen MR) is 80.5 cm³/mol. The van der Waals surface area contributed by atoms with Crippen molar-refractivity contribution in [1.82, 2.24) is 10.2 Å². The van der Waals surface area contributed by atoms with Crippen molar-refractivity contribution in [2.45, 2.75) is 71.9 Å². The molecular formula is C15H32N2O2. The van der Waals surface area contributed by atoms with E-state index in [9.17, 15) is 4.79 Å². The molecule has 0 aliphatic carbocycles. The second-order valence-corrected chi connectivity index (χ2v) is 6.25. The first kappa shape index (κ1) is 18.2. The molecule has 0 aromatic carbocycles. The highest BCUT2D eigenvalue weighted by Crippen LogP contribution is 2.08. The lowest BCUT2D eigenvalue weighted by atomic mass is 10.1. The van der Waals surface area contributed by atoms with E-state index in [1.807, 2.05) is 20.8 Å². The number of nitrogens with zero attached hydrogens (tertiary/aromatic N) is 1. The Bertz CT molecular complexity index is 249. The fraction of sp³-hybridized carbons (Fsp3) is 0.933. The van der Waals surface area contributed by atoms with Crippen LogP contribution in [0.15, 0.2) is 0 Å². The largest absolute Gasteiger partial charge is 0.444 e. The lowest BCUT2D eigenvalue weighted by molar-refractivity contribution is 0.0299. The van der Waals surface area contributed by atoms with Gasteiger partial charge < -0.3 is 15.0 Å². The summed E-state index contributed by atoms with van der Waals surface area (Å²) in [6.45, 7) is 11.5. The number of nitrogens with one attached hydrogen (secondary N) is 1. The third-order valence-electron chi connectivity index (χ3n) is 2.89. The molecule has 1 unspecified atom stereocenters. The van der Waals surface area contributed by atoms with Crippen LogP contribution in [0.3, 0.4) is 0 Å². The maximum atomic E-state index is 11.7. The quantitative estimate of drug-likeness (QED) is 0.688. The number of carbonyl (C=O) groups excluding carboxylic acids is 1. The smallest absolute Gasteiger partial charge is 0.410 e. The van der Waals surface area contributed by atoms with Crippen LogP contribution in [-0.4, -0.2) is 42.8 Å². The van der Waals surface area contributed by atoms with E-state index < -0.39 is 5.60 Å². The molecule has 1 N–H and O–H groups in total. The number of likely N-dealkylation sites (N-methyl/N-ethyl adjacent to an activating group) is 1.